The average Bonchev–Trinajstić information content (AvgIpc) is 3.44. The number of carbonyl (C=O) groups is 3. The molecule has 4 heterocycles. The van der Waals surface area contributed by atoms with Crippen LogP contribution in [-0.2, 0) is 35.5 Å². The van der Waals surface area contributed by atoms with Gasteiger partial charge in [0.25, 0.3) is 5.91 Å². The van der Waals surface area contributed by atoms with Gasteiger partial charge in [0, 0.05) is 17.5 Å². The van der Waals surface area contributed by atoms with Crippen molar-refractivity contribution in [1.82, 2.24) is 30.7 Å². The minimum Gasteiger partial charge on any atom is -0.447 e. The summed E-state index contributed by atoms with van der Waals surface area (Å²) >= 11 is 1.52. The number of nitrogens with zero attached hydrogens (tertiary/aromatic N) is 3. The van der Waals surface area contributed by atoms with E-state index >= 15 is 0 Å². The first-order chi connectivity index (χ1) is 13.5. The molecule has 0 aromatic carbocycles. The minimum absolute atomic E-state index is 0.0359. The predicted molar refractivity (Wildman–Crippen MR) is 98.6 cm³/mol. The van der Waals surface area contributed by atoms with Gasteiger partial charge >= 0.3 is 6.09 Å². The van der Waals surface area contributed by atoms with Crippen LogP contribution in [0, 0.1) is 0 Å². The maximum atomic E-state index is 12.5. The summed E-state index contributed by atoms with van der Waals surface area (Å²) in [5.74, 6) is -0.463. The fraction of sp³-hybridized carbons (Fsp3) is 0.471. The summed E-state index contributed by atoms with van der Waals surface area (Å²) in [6.45, 7) is 3.19. The van der Waals surface area contributed by atoms with Crippen molar-refractivity contribution in [3.05, 3.63) is 33.0 Å². The molecule has 1 atom stereocenters. The molecular weight excluding hydrogens is 384 g/mol. The fourth-order valence-corrected chi connectivity index (χ4v) is 4.08. The average molecular weight is 404 g/mol. The highest BCUT2D eigenvalue weighted by atomic mass is 32.1. The highest BCUT2D eigenvalue weighted by Gasteiger charge is 2.35. The molecule has 0 aliphatic carbocycles. The van der Waals surface area contributed by atoms with Crippen molar-refractivity contribution >= 4 is 29.2 Å². The third kappa shape index (κ3) is 3.57. The molecule has 0 spiro atoms. The Morgan fingerprint density at radius 3 is 3.04 bits per heavy atom. The number of cyclic esters (lactones) is 1. The molecule has 0 radical (unpaired) electrons. The van der Waals surface area contributed by atoms with Gasteiger partial charge in [0.15, 0.2) is 5.69 Å². The van der Waals surface area contributed by atoms with Crippen LogP contribution in [0.25, 0.3) is 0 Å². The number of alkyl carbamates (subject to hydrolysis) is 1. The molecule has 2 aliphatic heterocycles. The van der Waals surface area contributed by atoms with E-state index in [1.807, 2.05) is 12.3 Å². The molecule has 3 amide bonds. The molecule has 28 heavy (non-hydrogen) atoms. The van der Waals surface area contributed by atoms with E-state index in [2.05, 4.69) is 25.8 Å². The monoisotopic (exact) mass is 404 g/mol. The Hall–Kier alpha value is -2.95. The Morgan fingerprint density at radius 2 is 2.32 bits per heavy atom. The van der Waals surface area contributed by atoms with E-state index in [1.165, 1.54) is 11.3 Å². The maximum absolute atomic E-state index is 12.5. The number of hydrogen-bond donors (Lipinski definition) is 3. The first kappa shape index (κ1) is 18.4. The molecule has 4 rings (SSSR count). The van der Waals surface area contributed by atoms with Crippen LogP contribution in [0.3, 0.4) is 0 Å². The number of rotatable bonds is 5. The van der Waals surface area contributed by atoms with Crippen molar-refractivity contribution in [2.75, 3.05) is 13.2 Å². The van der Waals surface area contributed by atoms with Crippen LogP contribution in [-0.4, -0.2) is 57.2 Å². The highest BCUT2D eigenvalue weighted by molar-refractivity contribution is 7.09. The van der Waals surface area contributed by atoms with E-state index in [-0.39, 0.29) is 18.4 Å². The number of ether oxygens (including phenoxy) is 1. The zero-order valence-electron chi connectivity index (χ0n) is 15.3. The molecule has 2 aliphatic rings. The summed E-state index contributed by atoms with van der Waals surface area (Å²) in [4.78, 5) is 42.2. The van der Waals surface area contributed by atoms with Crippen molar-refractivity contribution in [3.63, 3.8) is 0 Å². The Bertz CT molecular complexity index is 923. The lowest BCUT2D eigenvalue weighted by atomic mass is 10.0. The number of thiazole rings is 1. The molecular formula is C17H20N6O4S. The second-order valence-corrected chi connectivity index (χ2v) is 7.55. The molecule has 3 N–H and O–H groups in total. The minimum atomic E-state index is -0.661. The largest absolute Gasteiger partial charge is 0.447 e. The summed E-state index contributed by atoms with van der Waals surface area (Å²) < 4.78 is 4.78. The van der Waals surface area contributed by atoms with Crippen molar-refractivity contribution in [1.29, 1.82) is 0 Å². The molecule has 0 bridgehead atoms. The first-order valence-corrected chi connectivity index (χ1v) is 9.92. The number of hydrogen-bond acceptors (Lipinski definition) is 7. The predicted octanol–water partition coefficient (Wildman–Crippen LogP) is 0.352. The van der Waals surface area contributed by atoms with Crippen molar-refractivity contribution in [2.45, 2.75) is 38.9 Å². The second kappa shape index (κ2) is 7.58. The summed E-state index contributed by atoms with van der Waals surface area (Å²) in [7, 11) is 0. The van der Waals surface area contributed by atoms with Gasteiger partial charge in [-0.1, -0.05) is 6.92 Å². The van der Waals surface area contributed by atoms with Gasteiger partial charge in [-0.2, -0.15) is 5.10 Å². The molecule has 0 unspecified atom stereocenters. The number of amides is 3. The van der Waals surface area contributed by atoms with Gasteiger partial charge in [-0.15, -0.1) is 11.3 Å². The summed E-state index contributed by atoms with van der Waals surface area (Å²) in [6.07, 6.45) is 0.797. The molecule has 11 heteroatoms. The van der Waals surface area contributed by atoms with Gasteiger partial charge in [0.05, 0.1) is 24.5 Å². The SMILES string of the molecule is CCc1csc(CNC(=O)c2n[nH]c3c2CCN(C(=O)[C@@H]2COC(=O)N2)C3)n1. The zero-order valence-corrected chi connectivity index (χ0v) is 16.1. The van der Waals surface area contributed by atoms with E-state index in [0.717, 1.165) is 28.4 Å². The van der Waals surface area contributed by atoms with Crippen LogP contribution in [0.5, 0.6) is 0 Å². The van der Waals surface area contributed by atoms with Gasteiger partial charge in [-0.05, 0) is 12.8 Å². The lowest BCUT2D eigenvalue weighted by Gasteiger charge is -2.28. The van der Waals surface area contributed by atoms with Crippen molar-refractivity contribution < 1.29 is 19.1 Å². The Kier molecular flexibility index (Phi) is 4.99. The molecule has 10 nitrogen and oxygen atoms in total. The van der Waals surface area contributed by atoms with Crippen LogP contribution >= 0.6 is 11.3 Å². The Labute approximate surface area is 164 Å². The van der Waals surface area contributed by atoms with Gasteiger partial charge in [-0.3, -0.25) is 14.7 Å². The number of aromatic amines is 1. The van der Waals surface area contributed by atoms with Gasteiger partial charge in [0.1, 0.15) is 17.7 Å². The summed E-state index contributed by atoms with van der Waals surface area (Å²) in [5.41, 5.74) is 2.92. The molecule has 2 aromatic rings. The maximum Gasteiger partial charge on any atom is 0.407 e. The lowest BCUT2D eigenvalue weighted by molar-refractivity contribution is -0.134. The summed E-state index contributed by atoms with van der Waals surface area (Å²) in [5, 5.41) is 15.2. The zero-order chi connectivity index (χ0) is 19.7. The van der Waals surface area contributed by atoms with E-state index in [4.69, 9.17) is 4.74 Å². The van der Waals surface area contributed by atoms with Crippen LogP contribution in [0.15, 0.2) is 5.38 Å². The lowest BCUT2D eigenvalue weighted by Crippen LogP contribution is -2.47. The van der Waals surface area contributed by atoms with E-state index in [1.54, 1.807) is 4.90 Å². The van der Waals surface area contributed by atoms with Crippen LogP contribution < -0.4 is 10.6 Å². The quantitative estimate of drug-likeness (QED) is 0.660. The number of carbonyl (C=O) groups excluding carboxylic acids is 3. The number of aryl methyl sites for hydroxylation is 1. The number of fused-ring (bicyclic) bond motifs is 1. The molecule has 1 saturated heterocycles. The normalized spacial score (nSPS) is 18.4. The first-order valence-electron chi connectivity index (χ1n) is 9.04. The summed E-state index contributed by atoms with van der Waals surface area (Å²) in [6, 6.07) is -0.661. The van der Waals surface area contributed by atoms with Gasteiger partial charge < -0.3 is 20.3 Å². The van der Waals surface area contributed by atoms with Crippen LogP contribution in [0.2, 0.25) is 0 Å². The van der Waals surface area contributed by atoms with E-state index in [9.17, 15) is 14.4 Å². The number of nitrogens with one attached hydrogen (secondary N) is 3. The van der Waals surface area contributed by atoms with E-state index < -0.39 is 12.1 Å². The standard InChI is InChI=1S/C17H20N6O4S/c1-2-9-8-28-13(19-9)5-18-15(24)14-10-3-4-23(6-11(10)21-22-14)16(25)12-7-27-17(26)20-12/h8,12H,2-7H2,1H3,(H,18,24)(H,20,26)(H,21,22)/t12-/m0/s1. The fourth-order valence-electron chi connectivity index (χ4n) is 3.26. The highest BCUT2D eigenvalue weighted by Crippen LogP contribution is 2.21. The molecule has 0 saturated carbocycles. The molecule has 2 aromatic heterocycles. The second-order valence-electron chi connectivity index (χ2n) is 6.60. The smallest absolute Gasteiger partial charge is 0.407 e. The third-order valence-corrected chi connectivity index (χ3v) is 5.69. The van der Waals surface area contributed by atoms with Crippen LogP contribution in [0.1, 0.15) is 39.4 Å². The topological polar surface area (TPSA) is 129 Å². The van der Waals surface area contributed by atoms with Crippen molar-refractivity contribution in [2.24, 2.45) is 0 Å². The third-order valence-electron chi connectivity index (χ3n) is 4.79. The molecule has 148 valence electrons. The van der Waals surface area contributed by atoms with Crippen LogP contribution in [0.4, 0.5) is 4.79 Å². The number of H-pyrrole nitrogens is 1. The Balaban J connectivity index is 1.38. The van der Waals surface area contributed by atoms with Gasteiger partial charge in [-0.25, -0.2) is 9.78 Å². The van der Waals surface area contributed by atoms with E-state index in [0.29, 0.717) is 31.7 Å². The number of aromatic nitrogens is 3. The van der Waals surface area contributed by atoms with Gasteiger partial charge in [0.2, 0.25) is 5.91 Å². The Morgan fingerprint density at radius 1 is 1.46 bits per heavy atom. The molecule has 1 fully saturated rings. The van der Waals surface area contributed by atoms with Crippen molar-refractivity contribution in [3.8, 4) is 0 Å².